The van der Waals surface area contributed by atoms with E-state index in [4.69, 9.17) is 21.1 Å². The number of amides is 1. The van der Waals surface area contributed by atoms with E-state index in [1.54, 1.807) is 25.1 Å². The van der Waals surface area contributed by atoms with Gasteiger partial charge in [0.15, 0.2) is 11.5 Å². The quantitative estimate of drug-likeness (QED) is 0.642. The summed E-state index contributed by atoms with van der Waals surface area (Å²) in [5.41, 5.74) is 2.44. The van der Waals surface area contributed by atoms with Gasteiger partial charge in [-0.2, -0.15) is 0 Å². The SMILES string of the molecule is Cc1ccc(C)c(S(=O)(=O)NCCC(=O)NCCc2cc(Cl)c3c(c2)OCCO3)c1. The van der Waals surface area contributed by atoms with Crippen LogP contribution in [0.4, 0.5) is 0 Å². The maximum absolute atomic E-state index is 12.5. The first kappa shape index (κ1) is 22.4. The molecule has 30 heavy (non-hydrogen) atoms. The molecule has 7 nitrogen and oxygen atoms in total. The molecule has 9 heteroatoms. The number of hydrogen-bond acceptors (Lipinski definition) is 5. The van der Waals surface area contributed by atoms with Crippen molar-refractivity contribution in [3.8, 4) is 11.5 Å². The Morgan fingerprint density at radius 3 is 2.67 bits per heavy atom. The number of ether oxygens (including phenoxy) is 2. The van der Waals surface area contributed by atoms with Crippen LogP contribution in [0.5, 0.6) is 11.5 Å². The van der Waals surface area contributed by atoms with Gasteiger partial charge in [0.2, 0.25) is 15.9 Å². The van der Waals surface area contributed by atoms with E-state index in [2.05, 4.69) is 10.0 Å². The van der Waals surface area contributed by atoms with E-state index in [1.165, 1.54) is 0 Å². The summed E-state index contributed by atoms with van der Waals surface area (Å²) >= 11 is 6.21. The van der Waals surface area contributed by atoms with E-state index in [9.17, 15) is 13.2 Å². The summed E-state index contributed by atoms with van der Waals surface area (Å²) < 4.78 is 38.4. The highest BCUT2D eigenvalue weighted by molar-refractivity contribution is 7.89. The molecule has 2 aromatic carbocycles. The number of benzene rings is 2. The standard InChI is InChI=1S/C21H25ClN2O5S/c1-14-3-4-15(2)19(11-14)30(26,27)24-8-6-20(25)23-7-5-16-12-17(22)21-18(13-16)28-9-10-29-21/h3-4,11-13,24H,5-10H2,1-2H3,(H,23,25). The van der Waals surface area contributed by atoms with E-state index >= 15 is 0 Å². The maximum atomic E-state index is 12.5. The smallest absolute Gasteiger partial charge is 0.240 e. The van der Waals surface area contributed by atoms with Crippen molar-refractivity contribution in [2.75, 3.05) is 26.3 Å². The van der Waals surface area contributed by atoms with Crippen molar-refractivity contribution in [2.45, 2.75) is 31.6 Å². The predicted octanol–water partition coefficient (Wildman–Crippen LogP) is 2.76. The largest absolute Gasteiger partial charge is 0.486 e. The lowest BCUT2D eigenvalue weighted by Gasteiger charge is -2.20. The van der Waals surface area contributed by atoms with Gasteiger partial charge in [-0.1, -0.05) is 23.7 Å². The van der Waals surface area contributed by atoms with Crippen molar-refractivity contribution < 1.29 is 22.7 Å². The van der Waals surface area contributed by atoms with Crippen molar-refractivity contribution in [3.05, 3.63) is 52.0 Å². The van der Waals surface area contributed by atoms with Gasteiger partial charge in [0.1, 0.15) is 13.2 Å². The summed E-state index contributed by atoms with van der Waals surface area (Å²) in [5.74, 6) is 0.921. The highest BCUT2D eigenvalue weighted by atomic mass is 35.5. The summed E-state index contributed by atoms with van der Waals surface area (Å²) in [7, 11) is -3.66. The van der Waals surface area contributed by atoms with Gasteiger partial charge in [-0.05, 0) is 55.2 Å². The third-order valence-corrected chi connectivity index (χ3v) is 6.55. The highest BCUT2D eigenvalue weighted by Crippen LogP contribution is 2.38. The summed E-state index contributed by atoms with van der Waals surface area (Å²) in [5, 5.41) is 3.27. The second kappa shape index (κ2) is 9.68. The molecule has 2 aromatic rings. The molecule has 0 spiro atoms. The summed E-state index contributed by atoms with van der Waals surface area (Å²) in [4.78, 5) is 12.3. The molecule has 0 saturated carbocycles. The zero-order valence-electron chi connectivity index (χ0n) is 17.0. The van der Waals surface area contributed by atoms with Gasteiger partial charge in [0.05, 0.1) is 9.92 Å². The molecule has 0 fully saturated rings. The first-order valence-electron chi connectivity index (χ1n) is 9.68. The predicted molar refractivity (Wildman–Crippen MR) is 115 cm³/mol. The lowest BCUT2D eigenvalue weighted by atomic mass is 10.1. The van der Waals surface area contributed by atoms with Crippen LogP contribution in [-0.2, 0) is 21.2 Å². The molecular weight excluding hydrogens is 428 g/mol. The van der Waals surface area contributed by atoms with Gasteiger partial charge in [0.25, 0.3) is 0 Å². The van der Waals surface area contributed by atoms with Crippen molar-refractivity contribution in [3.63, 3.8) is 0 Å². The Bertz CT molecular complexity index is 1040. The van der Waals surface area contributed by atoms with Crippen molar-refractivity contribution >= 4 is 27.5 Å². The van der Waals surface area contributed by atoms with Gasteiger partial charge in [0, 0.05) is 19.5 Å². The topological polar surface area (TPSA) is 93.7 Å². The van der Waals surface area contributed by atoms with Crippen LogP contribution >= 0.6 is 11.6 Å². The molecule has 0 aliphatic carbocycles. The van der Waals surface area contributed by atoms with Crippen molar-refractivity contribution in [1.29, 1.82) is 0 Å². The zero-order chi connectivity index (χ0) is 21.7. The molecule has 162 valence electrons. The number of rotatable bonds is 8. The summed E-state index contributed by atoms with van der Waals surface area (Å²) in [6, 6.07) is 8.89. The molecule has 2 N–H and O–H groups in total. The molecule has 1 heterocycles. The Kier molecular flexibility index (Phi) is 7.23. The van der Waals surface area contributed by atoms with E-state index in [-0.39, 0.29) is 23.8 Å². The Hall–Kier alpha value is -2.29. The Morgan fingerprint density at radius 2 is 1.87 bits per heavy atom. The molecule has 0 unspecified atom stereocenters. The Labute approximate surface area is 181 Å². The number of fused-ring (bicyclic) bond motifs is 1. The van der Waals surface area contributed by atoms with Crippen molar-refractivity contribution in [2.24, 2.45) is 0 Å². The molecule has 0 atom stereocenters. The molecule has 0 saturated heterocycles. The van der Waals surface area contributed by atoms with E-state index < -0.39 is 10.0 Å². The van der Waals surface area contributed by atoms with Crippen LogP contribution in [0, 0.1) is 13.8 Å². The molecule has 1 aliphatic rings. The number of carbonyl (C=O) groups excluding carboxylic acids is 1. The molecule has 0 aromatic heterocycles. The van der Waals surface area contributed by atoms with Crippen LogP contribution in [0.1, 0.15) is 23.1 Å². The van der Waals surface area contributed by atoms with Crippen LogP contribution in [0.2, 0.25) is 5.02 Å². The average molecular weight is 453 g/mol. The van der Waals surface area contributed by atoms with Crippen molar-refractivity contribution in [1.82, 2.24) is 10.0 Å². The lowest BCUT2D eigenvalue weighted by Crippen LogP contribution is -2.32. The Morgan fingerprint density at radius 1 is 1.10 bits per heavy atom. The fourth-order valence-electron chi connectivity index (χ4n) is 3.12. The fraction of sp³-hybridized carbons (Fsp3) is 0.381. The van der Waals surface area contributed by atoms with E-state index in [0.717, 1.165) is 11.1 Å². The van der Waals surface area contributed by atoms with Gasteiger partial charge in [-0.25, -0.2) is 13.1 Å². The first-order valence-corrected chi connectivity index (χ1v) is 11.5. The van der Waals surface area contributed by atoms with Crippen LogP contribution < -0.4 is 19.5 Å². The molecule has 0 bridgehead atoms. The van der Waals surface area contributed by atoms with Gasteiger partial charge in [-0.15, -0.1) is 0 Å². The Balaban J connectivity index is 1.45. The number of sulfonamides is 1. The highest BCUT2D eigenvalue weighted by Gasteiger charge is 2.18. The van der Waals surface area contributed by atoms with E-state index in [0.29, 0.717) is 48.3 Å². The molecule has 3 rings (SSSR count). The monoisotopic (exact) mass is 452 g/mol. The first-order chi connectivity index (χ1) is 14.3. The second-order valence-corrected chi connectivity index (χ2v) is 9.26. The lowest BCUT2D eigenvalue weighted by molar-refractivity contribution is -0.120. The van der Waals surface area contributed by atoms with Gasteiger partial charge >= 0.3 is 0 Å². The minimum absolute atomic E-state index is 0.0252. The molecule has 0 radical (unpaired) electrons. The molecule has 1 amide bonds. The number of hydrogen-bond donors (Lipinski definition) is 2. The minimum Gasteiger partial charge on any atom is -0.486 e. The van der Waals surface area contributed by atoms with Crippen LogP contribution in [0.15, 0.2) is 35.2 Å². The number of aryl methyl sites for hydroxylation is 2. The van der Waals surface area contributed by atoms with Gasteiger partial charge in [-0.3, -0.25) is 4.79 Å². The third-order valence-electron chi connectivity index (χ3n) is 4.67. The zero-order valence-corrected chi connectivity index (χ0v) is 18.5. The van der Waals surface area contributed by atoms with Crippen LogP contribution in [-0.4, -0.2) is 40.6 Å². The number of halogens is 1. The van der Waals surface area contributed by atoms with E-state index in [1.807, 2.05) is 19.1 Å². The number of nitrogens with one attached hydrogen (secondary N) is 2. The molecule has 1 aliphatic heterocycles. The maximum Gasteiger partial charge on any atom is 0.240 e. The minimum atomic E-state index is -3.66. The van der Waals surface area contributed by atoms with Crippen LogP contribution in [0.25, 0.3) is 0 Å². The normalized spacial score (nSPS) is 13.2. The second-order valence-electron chi connectivity index (χ2n) is 7.12. The third kappa shape index (κ3) is 5.65. The summed E-state index contributed by atoms with van der Waals surface area (Å²) in [6.07, 6.45) is 0.613. The number of carbonyl (C=O) groups is 1. The molecular formula is C21H25ClN2O5S. The fourth-order valence-corrected chi connectivity index (χ4v) is 4.76. The summed E-state index contributed by atoms with van der Waals surface area (Å²) in [6.45, 7) is 4.94. The van der Waals surface area contributed by atoms with Crippen LogP contribution in [0.3, 0.4) is 0 Å². The average Bonchev–Trinajstić information content (AvgIpc) is 2.69. The van der Waals surface area contributed by atoms with Gasteiger partial charge < -0.3 is 14.8 Å².